The van der Waals surface area contributed by atoms with Gasteiger partial charge >= 0.3 is 5.97 Å². The Morgan fingerprint density at radius 2 is 1.85 bits per heavy atom. The van der Waals surface area contributed by atoms with Crippen molar-refractivity contribution in [1.29, 1.82) is 0 Å². The lowest BCUT2D eigenvalue weighted by Crippen LogP contribution is -2.28. The van der Waals surface area contributed by atoms with Gasteiger partial charge in [0.25, 0.3) is 5.91 Å². The molecule has 4 nitrogen and oxygen atoms in total. The second-order valence-electron chi connectivity index (χ2n) is 6.68. The second kappa shape index (κ2) is 7.50. The predicted molar refractivity (Wildman–Crippen MR) is 103 cm³/mol. The summed E-state index contributed by atoms with van der Waals surface area (Å²) in [5.74, 6) is -0.676. The molecule has 0 aromatic heterocycles. The summed E-state index contributed by atoms with van der Waals surface area (Å²) in [5.41, 5.74) is 3.12. The number of carbonyl (C=O) groups is 2. The van der Waals surface area contributed by atoms with Crippen LogP contribution in [-0.4, -0.2) is 18.5 Å². The Kier molecular flexibility index (Phi) is 5.33. The van der Waals surface area contributed by atoms with Crippen LogP contribution in [0.5, 0.6) is 0 Å². The molecule has 2 aromatic carbocycles. The molecule has 1 saturated carbocycles. The molecule has 1 fully saturated rings. The largest absolute Gasteiger partial charge is 0.455 e. The van der Waals surface area contributed by atoms with Gasteiger partial charge in [0.2, 0.25) is 0 Å². The van der Waals surface area contributed by atoms with Gasteiger partial charge in [0, 0.05) is 10.7 Å². The highest BCUT2D eigenvalue weighted by atomic mass is 35.5. The summed E-state index contributed by atoms with van der Waals surface area (Å²) >= 11 is 5.91. The number of rotatable bonds is 6. The first-order chi connectivity index (χ1) is 12.5. The summed E-state index contributed by atoms with van der Waals surface area (Å²) in [4.78, 5) is 24.8. The van der Waals surface area contributed by atoms with Crippen molar-refractivity contribution >= 4 is 29.2 Å². The van der Waals surface area contributed by atoms with Crippen LogP contribution in [0.2, 0.25) is 5.02 Å². The highest BCUT2D eigenvalue weighted by Crippen LogP contribution is 2.49. The number of nitrogens with one attached hydrogen (secondary N) is 1. The van der Waals surface area contributed by atoms with Crippen molar-refractivity contribution in [2.24, 2.45) is 0 Å². The third-order valence-corrected chi connectivity index (χ3v) is 5.13. The van der Waals surface area contributed by atoms with Crippen LogP contribution in [0.4, 0.5) is 5.69 Å². The Morgan fingerprint density at radius 1 is 1.15 bits per heavy atom. The summed E-state index contributed by atoms with van der Waals surface area (Å²) in [5, 5.41) is 3.50. The van der Waals surface area contributed by atoms with Crippen molar-refractivity contribution in [2.45, 2.75) is 38.5 Å². The number of ether oxygens (including phenoxy) is 1. The van der Waals surface area contributed by atoms with E-state index in [0.717, 1.165) is 41.6 Å². The van der Waals surface area contributed by atoms with Gasteiger partial charge in [-0.25, -0.2) is 0 Å². The summed E-state index contributed by atoms with van der Waals surface area (Å²) < 4.78 is 5.32. The quantitative estimate of drug-likeness (QED) is 0.764. The fourth-order valence-electron chi connectivity index (χ4n) is 3.15. The van der Waals surface area contributed by atoms with E-state index in [1.807, 2.05) is 44.2 Å². The molecule has 0 atom stereocenters. The molecule has 136 valence electrons. The summed E-state index contributed by atoms with van der Waals surface area (Å²) in [7, 11) is 0. The number of halogens is 1. The normalized spacial score (nSPS) is 14.6. The van der Waals surface area contributed by atoms with Gasteiger partial charge in [0.05, 0.1) is 5.41 Å². The van der Waals surface area contributed by atoms with Crippen LogP contribution in [0.25, 0.3) is 0 Å². The van der Waals surface area contributed by atoms with Gasteiger partial charge in [-0.05, 0) is 55.0 Å². The number of aryl methyl sites for hydroxylation is 2. The molecular weight excluding hydrogens is 350 g/mol. The minimum Gasteiger partial charge on any atom is -0.455 e. The van der Waals surface area contributed by atoms with E-state index >= 15 is 0 Å². The Balaban J connectivity index is 1.62. The van der Waals surface area contributed by atoms with E-state index in [0.29, 0.717) is 5.02 Å². The second-order valence-corrected chi connectivity index (χ2v) is 7.11. The maximum absolute atomic E-state index is 12.5. The molecule has 5 heteroatoms. The lowest BCUT2D eigenvalue weighted by molar-refractivity contribution is -0.150. The van der Waals surface area contributed by atoms with Crippen molar-refractivity contribution in [3.63, 3.8) is 0 Å². The minimum absolute atomic E-state index is 0.286. The van der Waals surface area contributed by atoms with Gasteiger partial charge in [-0.15, -0.1) is 0 Å². The first-order valence-corrected chi connectivity index (χ1v) is 9.15. The van der Waals surface area contributed by atoms with E-state index in [4.69, 9.17) is 16.3 Å². The van der Waals surface area contributed by atoms with Gasteiger partial charge in [-0.3, -0.25) is 9.59 Å². The van der Waals surface area contributed by atoms with Crippen molar-refractivity contribution in [3.8, 4) is 0 Å². The number of carbonyl (C=O) groups excluding carboxylic acids is 2. The number of anilines is 1. The van der Waals surface area contributed by atoms with Gasteiger partial charge in [-0.2, -0.15) is 0 Å². The first-order valence-electron chi connectivity index (χ1n) is 8.78. The number of amides is 1. The molecule has 3 rings (SSSR count). The molecule has 0 aliphatic heterocycles. The molecule has 0 unspecified atom stereocenters. The highest BCUT2D eigenvalue weighted by Gasteiger charge is 2.52. The van der Waals surface area contributed by atoms with Crippen molar-refractivity contribution in [1.82, 2.24) is 0 Å². The van der Waals surface area contributed by atoms with E-state index in [9.17, 15) is 9.59 Å². The van der Waals surface area contributed by atoms with Crippen LogP contribution in [0.1, 0.15) is 36.5 Å². The Morgan fingerprint density at radius 3 is 2.46 bits per heavy atom. The number of hydrogen-bond acceptors (Lipinski definition) is 3. The average Bonchev–Trinajstić information content (AvgIpc) is 3.44. The van der Waals surface area contributed by atoms with Crippen molar-refractivity contribution in [2.75, 3.05) is 11.9 Å². The fraction of sp³-hybridized carbons (Fsp3) is 0.333. The van der Waals surface area contributed by atoms with Gasteiger partial charge in [0.1, 0.15) is 0 Å². The summed E-state index contributed by atoms with van der Waals surface area (Å²) in [6.07, 6.45) is 2.27. The van der Waals surface area contributed by atoms with Gasteiger partial charge in [-0.1, -0.05) is 48.9 Å². The summed E-state index contributed by atoms with van der Waals surface area (Å²) in [6, 6.07) is 13.1. The van der Waals surface area contributed by atoms with E-state index in [-0.39, 0.29) is 18.5 Å². The first kappa shape index (κ1) is 18.5. The molecule has 0 radical (unpaired) electrons. The third kappa shape index (κ3) is 3.75. The lowest BCUT2D eigenvalue weighted by atomic mass is 9.96. The van der Waals surface area contributed by atoms with Crippen LogP contribution in [-0.2, 0) is 26.2 Å². The molecule has 0 saturated heterocycles. The van der Waals surface area contributed by atoms with Gasteiger partial charge < -0.3 is 10.1 Å². The summed E-state index contributed by atoms with van der Waals surface area (Å²) in [6.45, 7) is 3.69. The average molecular weight is 372 g/mol. The monoisotopic (exact) mass is 371 g/mol. The van der Waals surface area contributed by atoms with Crippen LogP contribution in [0, 0.1) is 6.92 Å². The maximum atomic E-state index is 12.5. The standard InChI is InChI=1S/C21H22ClNO3/c1-3-15-6-4-5-14(2)19(15)23-18(24)13-26-20(25)21(11-12-21)16-7-9-17(22)10-8-16/h4-10H,3,11-13H2,1-2H3,(H,23,24). The van der Waals surface area contributed by atoms with Crippen molar-refractivity contribution in [3.05, 3.63) is 64.2 Å². The van der Waals surface area contributed by atoms with Crippen molar-refractivity contribution < 1.29 is 14.3 Å². The predicted octanol–water partition coefficient (Wildman–Crippen LogP) is 4.42. The highest BCUT2D eigenvalue weighted by molar-refractivity contribution is 6.30. The van der Waals surface area contributed by atoms with Crippen LogP contribution < -0.4 is 5.32 Å². The number of benzene rings is 2. The minimum atomic E-state index is -0.623. The molecule has 1 aliphatic carbocycles. The zero-order valence-corrected chi connectivity index (χ0v) is 15.7. The molecule has 0 bridgehead atoms. The third-order valence-electron chi connectivity index (χ3n) is 4.88. The Bertz CT molecular complexity index is 826. The molecule has 0 heterocycles. The zero-order valence-electron chi connectivity index (χ0n) is 15.0. The number of para-hydroxylation sites is 1. The molecule has 1 N–H and O–H groups in total. The lowest BCUT2D eigenvalue weighted by Gasteiger charge is -2.16. The van der Waals surface area contributed by atoms with Crippen LogP contribution in [0.3, 0.4) is 0 Å². The fourth-order valence-corrected chi connectivity index (χ4v) is 3.28. The topological polar surface area (TPSA) is 55.4 Å². The zero-order chi connectivity index (χ0) is 18.7. The van der Waals surface area contributed by atoms with E-state index in [1.54, 1.807) is 12.1 Å². The molecule has 1 amide bonds. The SMILES string of the molecule is CCc1cccc(C)c1NC(=O)COC(=O)C1(c2ccc(Cl)cc2)CC1. The van der Waals surface area contributed by atoms with Gasteiger partial charge in [0.15, 0.2) is 6.61 Å². The number of esters is 1. The van der Waals surface area contributed by atoms with E-state index < -0.39 is 5.41 Å². The van der Waals surface area contributed by atoms with E-state index in [2.05, 4.69) is 5.32 Å². The van der Waals surface area contributed by atoms with Crippen LogP contribution >= 0.6 is 11.6 Å². The number of hydrogen-bond donors (Lipinski definition) is 1. The van der Waals surface area contributed by atoms with E-state index in [1.165, 1.54) is 0 Å². The molecule has 0 spiro atoms. The Hall–Kier alpha value is -2.33. The Labute approximate surface area is 158 Å². The molecule has 26 heavy (non-hydrogen) atoms. The smallest absolute Gasteiger partial charge is 0.317 e. The molecular formula is C21H22ClNO3. The maximum Gasteiger partial charge on any atom is 0.317 e. The molecule has 2 aromatic rings. The van der Waals surface area contributed by atoms with Crippen LogP contribution in [0.15, 0.2) is 42.5 Å². The molecule has 1 aliphatic rings.